The molecule has 2 rings (SSSR count). The van der Waals surface area contributed by atoms with E-state index in [1.54, 1.807) is 0 Å². The molecule has 0 radical (unpaired) electrons. The number of carbonyl (C=O) groups excluding carboxylic acids is 1. The zero-order valence-electron chi connectivity index (χ0n) is 11.0. The number of nitrogens with one attached hydrogen (secondary N) is 1. The second kappa shape index (κ2) is 5.72. The third-order valence-corrected chi connectivity index (χ3v) is 4.67. The molecular formula is C14H23NO3. The number of hydrogen-bond donors (Lipinski definition) is 2. The highest BCUT2D eigenvalue weighted by atomic mass is 16.4. The largest absolute Gasteiger partial charge is 0.481 e. The average Bonchev–Trinajstić information content (AvgIpc) is 2.26. The standard InChI is InChI=1S/C14H23NO3/c1-9(10-3-2-4-10)15-13(16)11-5-7-12(8-6-11)14(17)18/h9-12H,2-8H2,1H3,(H,15,16)(H,17,18). The molecule has 0 aromatic carbocycles. The zero-order chi connectivity index (χ0) is 13.1. The Morgan fingerprint density at radius 3 is 2.06 bits per heavy atom. The molecule has 0 aromatic heterocycles. The Kier molecular flexibility index (Phi) is 4.25. The van der Waals surface area contributed by atoms with E-state index < -0.39 is 5.97 Å². The summed E-state index contributed by atoms with van der Waals surface area (Å²) < 4.78 is 0. The maximum Gasteiger partial charge on any atom is 0.306 e. The molecule has 0 saturated heterocycles. The SMILES string of the molecule is CC(NC(=O)C1CCC(C(=O)O)CC1)C1CCC1. The molecule has 2 aliphatic rings. The Morgan fingerprint density at radius 2 is 1.61 bits per heavy atom. The van der Waals surface area contributed by atoms with Crippen molar-refractivity contribution in [3.8, 4) is 0 Å². The number of hydrogen-bond acceptors (Lipinski definition) is 2. The lowest BCUT2D eigenvalue weighted by Crippen LogP contribution is -2.44. The van der Waals surface area contributed by atoms with E-state index in [1.807, 2.05) is 0 Å². The van der Waals surface area contributed by atoms with Gasteiger partial charge in [-0.05, 0) is 51.4 Å². The van der Waals surface area contributed by atoms with Crippen LogP contribution in [0.5, 0.6) is 0 Å². The summed E-state index contributed by atoms with van der Waals surface area (Å²) in [5.74, 6) is -0.125. The van der Waals surface area contributed by atoms with Gasteiger partial charge >= 0.3 is 5.97 Å². The van der Waals surface area contributed by atoms with Gasteiger partial charge in [0.1, 0.15) is 0 Å². The minimum atomic E-state index is -0.711. The summed E-state index contributed by atoms with van der Waals surface area (Å²) in [6, 6.07) is 0.281. The molecule has 1 unspecified atom stereocenters. The number of carboxylic acid groups (broad SMARTS) is 1. The molecule has 2 fully saturated rings. The Balaban J connectivity index is 1.75. The monoisotopic (exact) mass is 253 g/mol. The normalized spacial score (nSPS) is 30.3. The van der Waals surface area contributed by atoms with Crippen LogP contribution in [0.1, 0.15) is 51.9 Å². The molecule has 0 aliphatic heterocycles. The Labute approximate surface area is 108 Å². The van der Waals surface area contributed by atoms with Gasteiger partial charge in [-0.2, -0.15) is 0 Å². The molecule has 0 bridgehead atoms. The quantitative estimate of drug-likeness (QED) is 0.807. The minimum absolute atomic E-state index is 0.0307. The first-order chi connectivity index (χ1) is 8.58. The van der Waals surface area contributed by atoms with Gasteiger partial charge < -0.3 is 10.4 Å². The first-order valence-corrected chi connectivity index (χ1v) is 7.11. The van der Waals surface area contributed by atoms with Gasteiger partial charge in [-0.15, -0.1) is 0 Å². The van der Waals surface area contributed by atoms with Crippen molar-refractivity contribution in [2.24, 2.45) is 17.8 Å². The van der Waals surface area contributed by atoms with Crippen LogP contribution in [0.3, 0.4) is 0 Å². The number of aliphatic carboxylic acids is 1. The van der Waals surface area contributed by atoms with E-state index in [0.717, 1.165) is 12.8 Å². The van der Waals surface area contributed by atoms with Crippen molar-refractivity contribution in [1.29, 1.82) is 0 Å². The lowest BCUT2D eigenvalue weighted by molar-refractivity contribution is -0.144. The third kappa shape index (κ3) is 3.03. The summed E-state index contributed by atoms with van der Waals surface area (Å²) in [4.78, 5) is 22.9. The van der Waals surface area contributed by atoms with Crippen LogP contribution < -0.4 is 5.32 Å². The van der Waals surface area contributed by atoms with E-state index in [9.17, 15) is 9.59 Å². The maximum atomic E-state index is 12.1. The third-order valence-electron chi connectivity index (χ3n) is 4.67. The Hall–Kier alpha value is -1.06. The molecule has 2 aliphatic carbocycles. The van der Waals surface area contributed by atoms with E-state index in [4.69, 9.17) is 5.11 Å². The molecule has 0 heterocycles. The molecule has 2 saturated carbocycles. The van der Waals surface area contributed by atoms with Crippen LogP contribution in [0.15, 0.2) is 0 Å². The molecule has 2 N–H and O–H groups in total. The molecule has 1 atom stereocenters. The Morgan fingerprint density at radius 1 is 1.06 bits per heavy atom. The zero-order valence-corrected chi connectivity index (χ0v) is 11.0. The van der Waals surface area contributed by atoms with Crippen LogP contribution in [-0.4, -0.2) is 23.0 Å². The van der Waals surface area contributed by atoms with Crippen LogP contribution in [0, 0.1) is 17.8 Å². The van der Waals surface area contributed by atoms with Crippen molar-refractivity contribution in [2.75, 3.05) is 0 Å². The lowest BCUT2D eigenvalue weighted by Gasteiger charge is -2.33. The summed E-state index contributed by atoms with van der Waals surface area (Å²) in [5.41, 5.74) is 0. The van der Waals surface area contributed by atoms with Crippen LogP contribution in [0.25, 0.3) is 0 Å². The van der Waals surface area contributed by atoms with Crippen molar-refractivity contribution in [1.82, 2.24) is 5.32 Å². The molecule has 4 nitrogen and oxygen atoms in total. The molecule has 0 spiro atoms. The fraction of sp³-hybridized carbons (Fsp3) is 0.857. The van der Waals surface area contributed by atoms with Gasteiger partial charge in [-0.25, -0.2) is 0 Å². The first kappa shape index (κ1) is 13.4. The van der Waals surface area contributed by atoms with E-state index in [-0.39, 0.29) is 23.8 Å². The van der Waals surface area contributed by atoms with E-state index in [1.165, 1.54) is 19.3 Å². The highest BCUT2D eigenvalue weighted by molar-refractivity contribution is 5.79. The summed E-state index contributed by atoms with van der Waals surface area (Å²) in [6.07, 6.45) is 6.48. The van der Waals surface area contributed by atoms with Gasteiger partial charge in [0.2, 0.25) is 5.91 Å². The summed E-state index contributed by atoms with van der Waals surface area (Å²) in [5, 5.41) is 12.0. The summed E-state index contributed by atoms with van der Waals surface area (Å²) in [6.45, 7) is 2.09. The number of amides is 1. The van der Waals surface area contributed by atoms with Gasteiger partial charge in [-0.1, -0.05) is 6.42 Å². The Bertz CT molecular complexity index is 317. The van der Waals surface area contributed by atoms with Gasteiger partial charge in [0.15, 0.2) is 0 Å². The molecule has 102 valence electrons. The lowest BCUT2D eigenvalue weighted by atomic mass is 9.79. The van der Waals surface area contributed by atoms with Crippen molar-refractivity contribution >= 4 is 11.9 Å². The predicted molar refractivity (Wildman–Crippen MR) is 68.0 cm³/mol. The highest BCUT2D eigenvalue weighted by Crippen LogP contribution is 2.31. The van der Waals surface area contributed by atoms with Gasteiger partial charge in [0, 0.05) is 12.0 Å². The second-order valence-electron chi connectivity index (χ2n) is 5.88. The predicted octanol–water partition coefficient (Wildman–Crippen LogP) is 2.18. The van der Waals surface area contributed by atoms with Crippen molar-refractivity contribution < 1.29 is 14.7 Å². The van der Waals surface area contributed by atoms with E-state index in [2.05, 4.69) is 12.2 Å². The van der Waals surface area contributed by atoms with E-state index >= 15 is 0 Å². The van der Waals surface area contributed by atoms with Crippen LogP contribution in [0.4, 0.5) is 0 Å². The fourth-order valence-corrected chi connectivity index (χ4v) is 3.00. The minimum Gasteiger partial charge on any atom is -0.481 e. The number of carboxylic acids is 1. The highest BCUT2D eigenvalue weighted by Gasteiger charge is 2.31. The van der Waals surface area contributed by atoms with Crippen LogP contribution in [-0.2, 0) is 9.59 Å². The van der Waals surface area contributed by atoms with Gasteiger partial charge in [-0.3, -0.25) is 9.59 Å². The van der Waals surface area contributed by atoms with Crippen molar-refractivity contribution in [3.05, 3.63) is 0 Å². The van der Waals surface area contributed by atoms with Crippen molar-refractivity contribution in [2.45, 2.75) is 57.9 Å². The van der Waals surface area contributed by atoms with E-state index in [0.29, 0.717) is 18.8 Å². The fourth-order valence-electron chi connectivity index (χ4n) is 3.00. The maximum absolute atomic E-state index is 12.1. The van der Waals surface area contributed by atoms with Crippen LogP contribution >= 0.6 is 0 Å². The summed E-state index contributed by atoms with van der Waals surface area (Å²) in [7, 11) is 0. The summed E-state index contributed by atoms with van der Waals surface area (Å²) >= 11 is 0. The second-order valence-corrected chi connectivity index (χ2v) is 5.88. The van der Waals surface area contributed by atoms with Gasteiger partial charge in [0.05, 0.1) is 5.92 Å². The van der Waals surface area contributed by atoms with Gasteiger partial charge in [0.25, 0.3) is 0 Å². The first-order valence-electron chi connectivity index (χ1n) is 7.11. The van der Waals surface area contributed by atoms with Crippen molar-refractivity contribution in [3.63, 3.8) is 0 Å². The molecule has 18 heavy (non-hydrogen) atoms. The molecular weight excluding hydrogens is 230 g/mol. The molecule has 4 heteroatoms. The number of carbonyl (C=O) groups is 2. The topological polar surface area (TPSA) is 66.4 Å². The molecule has 0 aromatic rings. The molecule has 1 amide bonds. The number of rotatable bonds is 4. The van der Waals surface area contributed by atoms with Crippen LogP contribution in [0.2, 0.25) is 0 Å². The average molecular weight is 253 g/mol. The smallest absolute Gasteiger partial charge is 0.306 e.